The molecular formula is C24H25N3O3. The molecule has 6 heteroatoms. The van der Waals surface area contributed by atoms with Crippen LogP contribution in [0.2, 0.25) is 0 Å². The molecule has 0 atom stereocenters. The predicted octanol–water partition coefficient (Wildman–Crippen LogP) is 4.15. The number of hydrogen-bond donors (Lipinski definition) is 2. The normalized spacial score (nSPS) is 25.4. The van der Waals surface area contributed by atoms with Gasteiger partial charge in [-0.15, -0.1) is 0 Å². The van der Waals surface area contributed by atoms with Gasteiger partial charge >= 0.3 is 5.97 Å². The molecule has 1 aromatic heterocycles. The Morgan fingerprint density at radius 2 is 1.60 bits per heavy atom. The molecule has 0 aliphatic heterocycles. The van der Waals surface area contributed by atoms with E-state index in [-0.39, 0.29) is 11.4 Å². The summed E-state index contributed by atoms with van der Waals surface area (Å²) < 4.78 is 1.87. The Balaban J connectivity index is 1.34. The highest BCUT2D eigenvalue weighted by molar-refractivity contribution is 5.97. The maximum Gasteiger partial charge on any atom is 0.309 e. The van der Waals surface area contributed by atoms with E-state index in [4.69, 9.17) is 0 Å². The third-order valence-corrected chi connectivity index (χ3v) is 7.26. The van der Waals surface area contributed by atoms with Crippen molar-refractivity contribution in [2.75, 3.05) is 0 Å². The second-order valence-corrected chi connectivity index (χ2v) is 8.89. The van der Waals surface area contributed by atoms with Gasteiger partial charge in [0.15, 0.2) is 0 Å². The lowest BCUT2D eigenvalue weighted by atomic mass is 9.57. The summed E-state index contributed by atoms with van der Waals surface area (Å²) in [5, 5.41) is 18.5. The molecule has 0 spiro atoms. The maximum atomic E-state index is 12.9. The van der Waals surface area contributed by atoms with Crippen molar-refractivity contribution in [3.63, 3.8) is 0 Å². The van der Waals surface area contributed by atoms with Crippen LogP contribution in [0.3, 0.4) is 0 Å². The minimum atomic E-state index is -0.681. The predicted molar refractivity (Wildman–Crippen MR) is 114 cm³/mol. The number of carboxylic acid groups (broad SMARTS) is 1. The van der Waals surface area contributed by atoms with Gasteiger partial charge in [-0.3, -0.25) is 14.3 Å². The molecule has 3 saturated carbocycles. The summed E-state index contributed by atoms with van der Waals surface area (Å²) >= 11 is 0. The Morgan fingerprint density at radius 3 is 2.23 bits per heavy atom. The minimum absolute atomic E-state index is 0.0860. The standard InChI is InChI=1S/C24H25N3O3/c1-27-19-5-3-2-4-18(19)20(26-27)16-6-8-17(9-7-16)21(28)25-24-13-10-23(11-14-24,12-15-24)22(29)30/h2-9H,10-15H2,1H3,(H,25,28)(H,29,30). The fourth-order valence-corrected chi connectivity index (χ4v) is 5.21. The van der Waals surface area contributed by atoms with E-state index in [9.17, 15) is 14.7 Å². The number of rotatable bonds is 4. The van der Waals surface area contributed by atoms with Crippen molar-refractivity contribution < 1.29 is 14.7 Å². The molecular weight excluding hydrogens is 378 g/mol. The smallest absolute Gasteiger partial charge is 0.309 e. The number of hydrogen-bond acceptors (Lipinski definition) is 3. The minimum Gasteiger partial charge on any atom is -0.481 e. The summed E-state index contributed by atoms with van der Waals surface area (Å²) in [6, 6.07) is 15.7. The van der Waals surface area contributed by atoms with Crippen LogP contribution in [0.25, 0.3) is 22.2 Å². The van der Waals surface area contributed by atoms with Crippen LogP contribution in [-0.4, -0.2) is 32.3 Å². The average Bonchev–Trinajstić information content (AvgIpc) is 3.11. The van der Waals surface area contributed by atoms with Crippen molar-refractivity contribution >= 4 is 22.8 Å². The van der Waals surface area contributed by atoms with Gasteiger partial charge in [-0.2, -0.15) is 5.10 Å². The first-order valence-electron chi connectivity index (χ1n) is 10.5. The molecule has 3 aliphatic rings. The molecule has 2 bridgehead atoms. The number of benzene rings is 2. The third-order valence-electron chi connectivity index (χ3n) is 7.26. The second-order valence-electron chi connectivity index (χ2n) is 8.89. The zero-order chi connectivity index (χ0) is 20.9. The highest BCUT2D eigenvalue weighted by Crippen LogP contribution is 2.52. The van der Waals surface area contributed by atoms with Crippen molar-refractivity contribution in [2.24, 2.45) is 12.5 Å². The van der Waals surface area contributed by atoms with Gasteiger partial charge in [0.1, 0.15) is 5.69 Å². The fraction of sp³-hybridized carbons (Fsp3) is 0.375. The molecule has 2 N–H and O–H groups in total. The number of amides is 1. The van der Waals surface area contributed by atoms with Crippen molar-refractivity contribution in [3.05, 3.63) is 54.1 Å². The molecule has 30 heavy (non-hydrogen) atoms. The lowest BCUT2D eigenvalue weighted by Gasteiger charge is -2.51. The molecule has 0 saturated heterocycles. The summed E-state index contributed by atoms with van der Waals surface area (Å²) in [5.74, 6) is -0.767. The van der Waals surface area contributed by atoms with E-state index in [1.807, 2.05) is 54.2 Å². The van der Waals surface area contributed by atoms with E-state index >= 15 is 0 Å². The number of carbonyl (C=O) groups is 2. The summed E-state index contributed by atoms with van der Waals surface area (Å²) in [7, 11) is 1.93. The van der Waals surface area contributed by atoms with Crippen LogP contribution in [0.1, 0.15) is 48.9 Å². The molecule has 3 aromatic rings. The number of nitrogens with zero attached hydrogens (tertiary/aromatic N) is 2. The van der Waals surface area contributed by atoms with Gasteiger partial charge in [-0.05, 0) is 56.7 Å². The Morgan fingerprint density at radius 1 is 0.967 bits per heavy atom. The fourth-order valence-electron chi connectivity index (χ4n) is 5.21. The zero-order valence-corrected chi connectivity index (χ0v) is 17.0. The number of carboxylic acids is 1. The van der Waals surface area contributed by atoms with Gasteiger partial charge in [0.25, 0.3) is 5.91 Å². The van der Waals surface area contributed by atoms with E-state index in [0.29, 0.717) is 24.8 Å². The highest BCUT2D eigenvalue weighted by atomic mass is 16.4. The number of aryl methyl sites for hydroxylation is 1. The number of para-hydroxylation sites is 1. The van der Waals surface area contributed by atoms with E-state index in [1.54, 1.807) is 0 Å². The molecule has 3 aliphatic carbocycles. The number of nitrogens with one attached hydrogen (secondary N) is 1. The Hall–Kier alpha value is -3.15. The lowest BCUT2D eigenvalue weighted by Crippen LogP contribution is -2.58. The Labute approximate surface area is 174 Å². The second kappa shape index (κ2) is 6.69. The molecule has 6 nitrogen and oxygen atoms in total. The first kappa shape index (κ1) is 18.9. The first-order valence-corrected chi connectivity index (χ1v) is 10.5. The van der Waals surface area contributed by atoms with Crippen LogP contribution in [-0.2, 0) is 11.8 Å². The lowest BCUT2D eigenvalue weighted by molar-refractivity contribution is -0.156. The van der Waals surface area contributed by atoms with Crippen molar-refractivity contribution in [2.45, 2.75) is 44.1 Å². The van der Waals surface area contributed by atoms with Crippen LogP contribution in [0.4, 0.5) is 0 Å². The Bertz CT molecular complexity index is 1120. The van der Waals surface area contributed by atoms with Crippen LogP contribution >= 0.6 is 0 Å². The van der Waals surface area contributed by atoms with Gasteiger partial charge in [0.2, 0.25) is 0 Å². The summed E-state index contributed by atoms with van der Waals surface area (Å²) in [6.07, 6.45) is 4.16. The zero-order valence-electron chi connectivity index (χ0n) is 17.0. The van der Waals surface area contributed by atoms with Crippen LogP contribution in [0.5, 0.6) is 0 Å². The topological polar surface area (TPSA) is 84.2 Å². The number of fused-ring (bicyclic) bond motifs is 4. The van der Waals surface area contributed by atoms with Crippen molar-refractivity contribution in [1.82, 2.24) is 15.1 Å². The van der Waals surface area contributed by atoms with E-state index in [0.717, 1.165) is 41.4 Å². The first-order chi connectivity index (χ1) is 14.4. The summed E-state index contributed by atoms with van der Waals surface area (Å²) in [4.78, 5) is 24.5. The Kier molecular flexibility index (Phi) is 4.20. The molecule has 1 amide bonds. The summed E-state index contributed by atoms with van der Waals surface area (Å²) in [6.45, 7) is 0. The van der Waals surface area contributed by atoms with Gasteiger partial charge in [-0.25, -0.2) is 0 Å². The number of carbonyl (C=O) groups excluding carboxylic acids is 1. The monoisotopic (exact) mass is 403 g/mol. The quantitative estimate of drug-likeness (QED) is 0.685. The molecule has 3 fully saturated rings. The molecule has 6 rings (SSSR count). The van der Waals surface area contributed by atoms with Gasteiger partial charge in [0.05, 0.1) is 10.9 Å². The van der Waals surface area contributed by atoms with Gasteiger partial charge in [0, 0.05) is 29.1 Å². The number of aromatic nitrogens is 2. The highest BCUT2D eigenvalue weighted by Gasteiger charge is 2.53. The van der Waals surface area contributed by atoms with Crippen molar-refractivity contribution in [1.29, 1.82) is 0 Å². The molecule has 0 unspecified atom stereocenters. The van der Waals surface area contributed by atoms with Gasteiger partial charge in [-0.1, -0.05) is 30.3 Å². The average molecular weight is 403 g/mol. The van der Waals surface area contributed by atoms with Crippen LogP contribution in [0, 0.1) is 5.41 Å². The van der Waals surface area contributed by atoms with E-state index in [1.165, 1.54) is 0 Å². The molecule has 1 heterocycles. The van der Waals surface area contributed by atoms with Crippen molar-refractivity contribution in [3.8, 4) is 11.3 Å². The number of aliphatic carboxylic acids is 1. The van der Waals surface area contributed by atoms with Gasteiger partial charge < -0.3 is 10.4 Å². The van der Waals surface area contributed by atoms with Crippen LogP contribution in [0.15, 0.2) is 48.5 Å². The van der Waals surface area contributed by atoms with E-state index < -0.39 is 11.4 Å². The largest absolute Gasteiger partial charge is 0.481 e. The maximum absolute atomic E-state index is 12.9. The molecule has 2 aromatic carbocycles. The molecule has 0 radical (unpaired) electrons. The SMILES string of the molecule is Cn1nc(-c2ccc(C(=O)NC34CCC(C(=O)O)(CC3)CC4)cc2)c2ccccc21. The molecule has 154 valence electrons. The van der Waals surface area contributed by atoms with Crippen LogP contribution < -0.4 is 5.32 Å². The van der Waals surface area contributed by atoms with E-state index in [2.05, 4.69) is 16.5 Å². The summed E-state index contributed by atoms with van der Waals surface area (Å²) in [5.41, 5.74) is 2.74. The third kappa shape index (κ3) is 2.90.